The van der Waals surface area contributed by atoms with Crippen molar-refractivity contribution in [3.63, 3.8) is 0 Å². The molecule has 2 aromatic rings. The molecule has 0 fully saturated rings. The third-order valence-corrected chi connectivity index (χ3v) is 2.84. The van der Waals surface area contributed by atoms with Crippen LogP contribution in [-0.2, 0) is 5.54 Å². The monoisotopic (exact) mass is 253 g/mol. The van der Waals surface area contributed by atoms with Gasteiger partial charge in [-0.3, -0.25) is 0 Å². The topological polar surface area (TPSA) is 64.9 Å². The fraction of sp³-hybridized carbons (Fsp3) is 0.333. The van der Waals surface area contributed by atoms with Crippen molar-refractivity contribution in [3.05, 3.63) is 35.7 Å². The van der Waals surface area contributed by atoms with Crippen LogP contribution in [0.3, 0.4) is 0 Å². The Labute approximate surface area is 103 Å². The third-order valence-electron chi connectivity index (χ3n) is 2.84. The molecule has 18 heavy (non-hydrogen) atoms. The molecule has 1 aromatic heterocycles. The van der Waals surface area contributed by atoms with Gasteiger partial charge in [-0.15, -0.1) is 0 Å². The van der Waals surface area contributed by atoms with Crippen molar-refractivity contribution in [2.75, 3.05) is 0 Å². The number of halogens is 2. The highest BCUT2D eigenvalue weighted by Crippen LogP contribution is 2.24. The molecule has 2 rings (SSSR count). The quantitative estimate of drug-likeness (QED) is 0.913. The van der Waals surface area contributed by atoms with Gasteiger partial charge in [0.2, 0.25) is 0 Å². The summed E-state index contributed by atoms with van der Waals surface area (Å²) in [6.07, 6.45) is 0.629. The van der Waals surface area contributed by atoms with Gasteiger partial charge in [-0.2, -0.15) is 4.98 Å². The number of hydrogen-bond donors (Lipinski definition) is 1. The van der Waals surface area contributed by atoms with E-state index in [-0.39, 0.29) is 5.89 Å². The van der Waals surface area contributed by atoms with E-state index in [4.69, 9.17) is 10.3 Å². The summed E-state index contributed by atoms with van der Waals surface area (Å²) in [7, 11) is 0. The summed E-state index contributed by atoms with van der Waals surface area (Å²) in [6.45, 7) is 3.67. The van der Waals surface area contributed by atoms with Gasteiger partial charge >= 0.3 is 0 Å². The number of nitrogens with two attached hydrogens (primary N) is 1. The second kappa shape index (κ2) is 4.45. The summed E-state index contributed by atoms with van der Waals surface area (Å²) in [6, 6.07) is 3.39. The number of benzene rings is 1. The second-order valence-corrected chi connectivity index (χ2v) is 4.32. The maximum absolute atomic E-state index is 13.1. The van der Waals surface area contributed by atoms with E-state index in [1.54, 1.807) is 6.92 Å². The molecule has 0 saturated heterocycles. The molecule has 0 aliphatic carbocycles. The first kappa shape index (κ1) is 12.6. The van der Waals surface area contributed by atoms with Crippen LogP contribution in [0.25, 0.3) is 11.5 Å². The van der Waals surface area contributed by atoms with E-state index in [0.29, 0.717) is 17.8 Å². The van der Waals surface area contributed by atoms with E-state index in [1.807, 2.05) is 6.92 Å². The van der Waals surface area contributed by atoms with Gasteiger partial charge in [-0.25, -0.2) is 8.78 Å². The minimum absolute atomic E-state index is 0.119. The molecule has 6 heteroatoms. The minimum atomic E-state index is -0.960. The molecule has 0 spiro atoms. The average Bonchev–Trinajstić information content (AvgIpc) is 2.83. The normalized spacial score (nSPS) is 14.5. The summed E-state index contributed by atoms with van der Waals surface area (Å²) in [5.74, 6) is -1.42. The third kappa shape index (κ3) is 2.24. The first-order chi connectivity index (χ1) is 8.44. The SMILES string of the molecule is CCC(C)(N)c1noc(-c2ccc(F)c(F)c2)n1. The lowest BCUT2D eigenvalue weighted by molar-refractivity contribution is 0.378. The van der Waals surface area contributed by atoms with E-state index in [2.05, 4.69) is 10.1 Å². The summed E-state index contributed by atoms with van der Waals surface area (Å²) < 4.78 is 30.9. The van der Waals surface area contributed by atoms with E-state index in [1.165, 1.54) is 6.07 Å². The molecule has 0 bridgehead atoms. The van der Waals surface area contributed by atoms with Gasteiger partial charge in [0, 0.05) is 5.56 Å². The van der Waals surface area contributed by atoms with Gasteiger partial charge in [0.1, 0.15) is 0 Å². The maximum atomic E-state index is 13.1. The van der Waals surface area contributed by atoms with E-state index < -0.39 is 17.2 Å². The standard InChI is InChI=1S/C12H13F2N3O/c1-3-12(2,15)11-16-10(18-17-11)7-4-5-8(13)9(14)6-7/h4-6H,3,15H2,1-2H3. The lowest BCUT2D eigenvalue weighted by atomic mass is 10.00. The predicted octanol–water partition coefficient (Wildman–Crippen LogP) is 2.60. The predicted molar refractivity (Wildman–Crippen MR) is 61.5 cm³/mol. The smallest absolute Gasteiger partial charge is 0.258 e. The molecule has 96 valence electrons. The average molecular weight is 253 g/mol. The zero-order chi connectivity index (χ0) is 13.3. The Hall–Kier alpha value is -1.82. The first-order valence-electron chi connectivity index (χ1n) is 5.52. The Kier molecular flexibility index (Phi) is 3.13. The molecular formula is C12H13F2N3O. The maximum Gasteiger partial charge on any atom is 0.258 e. The largest absolute Gasteiger partial charge is 0.334 e. The van der Waals surface area contributed by atoms with Crippen molar-refractivity contribution in [2.45, 2.75) is 25.8 Å². The van der Waals surface area contributed by atoms with Gasteiger partial charge in [0.25, 0.3) is 5.89 Å². The molecule has 0 aliphatic rings. The number of hydrogen-bond acceptors (Lipinski definition) is 4. The summed E-state index contributed by atoms with van der Waals surface area (Å²) >= 11 is 0. The van der Waals surface area contributed by atoms with E-state index >= 15 is 0 Å². The van der Waals surface area contributed by atoms with Gasteiger partial charge < -0.3 is 10.3 Å². The number of rotatable bonds is 3. The minimum Gasteiger partial charge on any atom is -0.334 e. The molecule has 1 atom stereocenters. The van der Waals surface area contributed by atoms with E-state index in [0.717, 1.165) is 12.1 Å². The number of nitrogens with zero attached hydrogens (tertiary/aromatic N) is 2. The second-order valence-electron chi connectivity index (χ2n) is 4.32. The molecule has 0 saturated carbocycles. The van der Waals surface area contributed by atoms with Crippen molar-refractivity contribution in [3.8, 4) is 11.5 Å². The number of aromatic nitrogens is 2. The first-order valence-corrected chi connectivity index (χ1v) is 5.52. The Morgan fingerprint density at radius 3 is 2.67 bits per heavy atom. The van der Waals surface area contributed by atoms with Crippen LogP contribution in [0.5, 0.6) is 0 Å². The van der Waals surface area contributed by atoms with Crippen LogP contribution in [0, 0.1) is 11.6 Å². The molecule has 1 aromatic carbocycles. The Morgan fingerprint density at radius 2 is 2.06 bits per heavy atom. The van der Waals surface area contributed by atoms with Gasteiger partial charge in [-0.1, -0.05) is 12.1 Å². The molecule has 2 N–H and O–H groups in total. The lowest BCUT2D eigenvalue weighted by Crippen LogP contribution is -2.33. The highest BCUT2D eigenvalue weighted by Gasteiger charge is 2.25. The molecular weight excluding hydrogens is 240 g/mol. The van der Waals surface area contributed by atoms with Crippen LogP contribution >= 0.6 is 0 Å². The molecule has 0 amide bonds. The van der Waals surface area contributed by atoms with Crippen molar-refractivity contribution in [2.24, 2.45) is 5.73 Å². The highest BCUT2D eigenvalue weighted by atomic mass is 19.2. The van der Waals surface area contributed by atoms with Gasteiger partial charge in [-0.05, 0) is 31.5 Å². The zero-order valence-electron chi connectivity index (χ0n) is 10.1. The van der Waals surface area contributed by atoms with Crippen molar-refractivity contribution in [1.82, 2.24) is 10.1 Å². The van der Waals surface area contributed by atoms with Gasteiger partial charge in [0.05, 0.1) is 5.54 Å². The molecule has 0 radical (unpaired) electrons. The Balaban J connectivity index is 2.38. The molecule has 1 heterocycles. The fourth-order valence-corrected chi connectivity index (χ4v) is 1.36. The summed E-state index contributed by atoms with van der Waals surface area (Å²) in [4.78, 5) is 4.10. The van der Waals surface area contributed by atoms with Crippen LogP contribution in [-0.4, -0.2) is 10.1 Å². The Morgan fingerprint density at radius 1 is 1.33 bits per heavy atom. The van der Waals surface area contributed by atoms with E-state index in [9.17, 15) is 8.78 Å². The summed E-state index contributed by atoms with van der Waals surface area (Å²) in [5, 5.41) is 3.76. The van der Waals surface area contributed by atoms with Crippen molar-refractivity contribution >= 4 is 0 Å². The van der Waals surface area contributed by atoms with Crippen molar-refractivity contribution < 1.29 is 13.3 Å². The zero-order valence-corrected chi connectivity index (χ0v) is 10.1. The van der Waals surface area contributed by atoms with Crippen LogP contribution in [0.1, 0.15) is 26.1 Å². The summed E-state index contributed by atoms with van der Waals surface area (Å²) in [5.41, 5.74) is 5.57. The Bertz CT molecular complexity index is 566. The van der Waals surface area contributed by atoms with Gasteiger partial charge in [0.15, 0.2) is 17.5 Å². The van der Waals surface area contributed by atoms with Crippen LogP contribution in [0.4, 0.5) is 8.78 Å². The molecule has 4 nitrogen and oxygen atoms in total. The molecule has 0 aliphatic heterocycles. The highest BCUT2D eigenvalue weighted by molar-refractivity contribution is 5.52. The van der Waals surface area contributed by atoms with Crippen molar-refractivity contribution in [1.29, 1.82) is 0 Å². The van der Waals surface area contributed by atoms with Crippen LogP contribution < -0.4 is 5.73 Å². The fourth-order valence-electron chi connectivity index (χ4n) is 1.36. The lowest BCUT2D eigenvalue weighted by Gasteiger charge is -2.16. The van der Waals surface area contributed by atoms with Crippen LogP contribution in [0.2, 0.25) is 0 Å². The molecule has 1 unspecified atom stereocenters. The van der Waals surface area contributed by atoms with Crippen LogP contribution in [0.15, 0.2) is 22.7 Å².